The average molecular weight is 482 g/mol. The van der Waals surface area contributed by atoms with E-state index in [9.17, 15) is 9.59 Å². The van der Waals surface area contributed by atoms with Crippen molar-refractivity contribution >= 4 is 28.3 Å². The van der Waals surface area contributed by atoms with Crippen LogP contribution in [0.4, 0.5) is 11.4 Å². The fourth-order valence-electron chi connectivity index (χ4n) is 4.79. The van der Waals surface area contributed by atoms with E-state index in [0.717, 1.165) is 49.6 Å². The highest BCUT2D eigenvalue weighted by atomic mass is 16.1. The van der Waals surface area contributed by atoms with Crippen LogP contribution < -0.4 is 15.8 Å². The van der Waals surface area contributed by atoms with Crippen LogP contribution in [0.15, 0.2) is 77.6 Å². The lowest BCUT2D eigenvalue weighted by Gasteiger charge is -2.36. The second-order valence-corrected chi connectivity index (χ2v) is 9.20. The summed E-state index contributed by atoms with van der Waals surface area (Å²) in [5.74, 6) is -0.201. The van der Waals surface area contributed by atoms with Crippen LogP contribution >= 0.6 is 0 Å². The third kappa shape index (κ3) is 5.02. The molecule has 4 aromatic rings. The number of aryl methyl sites for hydroxylation is 2. The van der Waals surface area contributed by atoms with Gasteiger partial charge >= 0.3 is 0 Å². The quantitative estimate of drug-likeness (QED) is 0.445. The van der Waals surface area contributed by atoms with Gasteiger partial charge in [0.15, 0.2) is 0 Å². The molecule has 0 unspecified atom stereocenters. The first-order chi connectivity index (χ1) is 17.5. The van der Waals surface area contributed by atoms with Crippen LogP contribution in [0.25, 0.3) is 11.0 Å². The van der Waals surface area contributed by atoms with Crippen LogP contribution in [0, 0.1) is 6.92 Å². The molecule has 7 heteroatoms. The molecular formula is C29H31N5O2. The van der Waals surface area contributed by atoms with Crippen LogP contribution in [0.1, 0.15) is 28.5 Å². The zero-order chi connectivity index (χ0) is 25.1. The van der Waals surface area contributed by atoms with E-state index in [4.69, 9.17) is 0 Å². The summed E-state index contributed by atoms with van der Waals surface area (Å²) in [6, 6.07) is 23.9. The van der Waals surface area contributed by atoms with Crippen molar-refractivity contribution in [3.05, 3.63) is 100.0 Å². The SMILES string of the molecule is CCn1c(=O)c(C)nc2cc(C(=O)Nc3ccc(N4CCN(Cc5ccccc5)CC4)cc3)ccc21. The molecular weight excluding hydrogens is 450 g/mol. The Morgan fingerprint density at radius 3 is 2.36 bits per heavy atom. The van der Waals surface area contributed by atoms with Gasteiger partial charge < -0.3 is 14.8 Å². The molecule has 3 aromatic carbocycles. The number of carbonyl (C=O) groups excluding carboxylic acids is 1. The predicted octanol–water partition coefficient (Wildman–Crippen LogP) is 4.30. The Hall–Kier alpha value is -3.97. The molecule has 0 saturated carbocycles. The van der Waals surface area contributed by atoms with E-state index in [0.29, 0.717) is 23.3 Å². The Morgan fingerprint density at radius 2 is 1.67 bits per heavy atom. The summed E-state index contributed by atoms with van der Waals surface area (Å²) in [6.07, 6.45) is 0. The molecule has 1 aromatic heterocycles. The summed E-state index contributed by atoms with van der Waals surface area (Å²) < 4.78 is 1.68. The molecule has 0 atom stereocenters. The Balaban J connectivity index is 1.21. The maximum atomic E-state index is 12.9. The fourth-order valence-corrected chi connectivity index (χ4v) is 4.79. The minimum atomic E-state index is -0.201. The van der Waals surface area contributed by atoms with E-state index in [1.165, 1.54) is 5.56 Å². The highest BCUT2D eigenvalue weighted by molar-refractivity contribution is 6.06. The molecule has 1 aliphatic rings. The number of fused-ring (bicyclic) bond motifs is 1. The number of carbonyl (C=O) groups is 1. The summed E-state index contributed by atoms with van der Waals surface area (Å²) in [5.41, 5.74) is 5.47. The molecule has 2 heterocycles. The summed E-state index contributed by atoms with van der Waals surface area (Å²) in [7, 11) is 0. The van der Waals surface area contributed by atoms with Gasteiger partial charge in [-0.3, -0.25) is 14.5 Å². The van der Waals surface area contributed by atoms with Crippen molar-refractivity contribution in [2.75, 3.05) is 36.4 Å². The van der Waals surface area contributed by atoms with Crippen LogP contribution in [0.3, 0.4) is 0 Å². The Bertz CT molecular complexity index is 1420. The first kappa shape index (κ1) is 23.8. The van der Waals surface area contributed by atoms with E-state index in [2.05, 4.69) is 62.6 Å². The van der Waals surface area contributed by atoms with Crippen molar-refractivity contribution < 1.29 is 4.79 Å². The van der Waals surface area contributed by atoms with Crippen LogP contribution in [-0.2, 0) is 13.1 Å². The van der Waals surface area contributed by atoms with Crippen molar-refractivity contribution in [1.82, 2.24) is 14.5 Å². The number of aromatic nitrogens is 2. The molecule has 5 rings (SSSR count). The van der Waals surface area contributed by atoms with Gasteiger partial charge in [0.1, 0.15) is 5.69 Å². The van der Waals surface area contributed by atoms with Crippen molar-refractivity contribution in [3.8, 4) is 0 Å². The van der Waals surface area contributed by atoms with Gasteiger partial charge in [-0.1, -0.05) is 30.3 Å². The highest BCUT2D eigenvalue weighted by Gasteiger charge is 2.18. The summed E-state index contributed by atoms with van der Waals surface area (Å²) >= 11 is 0. The smallest absolute Gasteiger partial charge is 0.272 e. The summed E-state index contributed by atoms with van der Waals surface area (Å²) in [5, 5.41) is 2.98. The zero-order valence-electron chi connectivity index (χ0n) is 20.8. The Kier molecular flexibility index (Phi) is 6.82. The van der Waals surface area contributed by atoms with Gasteiger partial charge in [-0.15, -0.1) is 0 Å². The number of anilines is 2. The maximum absolute atomic E-state index is 12.9. The minimum Gasteiger partial charge on any atom is -0.369 e. The molecule has 1 saturated heterocycles. The average Bonchev–Trinajstić information content (AvgIpc) is 2.91. The number of nitrogens with one attached hydrogen (secondary N) is 1. The normalized spacial score (nSPS) is 14.2. The number of rotatable bonds is 6. The van der Waals surface area contributed by atoms with E-state index in [-0.39, 0.29) is 11.5 Å². The maximum Gasteiger partial charge on any atom is 0.272 e. The lowest BCUT2D eigenvalue weighted by Crippen LogP contribution is -2.45. The lowest BCUT2D eigenvalue weighted by atomic mass is 10.1. The van der Waals surface area contributed by atoms with Gasteiger partial charge in [-0.05, 0) is 61.9 Å². The van der Waals surface area contributed by atoms with Crippen molar-refractivity contribution in [2.45, 2.75) is 26.9 Å². The molecule has 1 fully saturated rings. The molecule has 36 heavy (non-hydrogen) atoms. The zero-order valence-corrected chi connectivity index (χ0v) is 20.8. The summed E-state index contributed by atoms with van der Waals surface area (Å²) in [6.45, 7) is 9.17. The van der Waals surface area contributed by atoms with Gasteiger partial charge in [0, 0.05) is 56.2 Å². The number of piperazine rings is 1. The highest BCUT2D eigenvalue weighted by Crippen LogP contribution is 2.21. The topological polar surface area (TPSA) is 70.5 Å². The monoisotopic (exact) mass is 481 g/mol. The van der Waals surface area contributed by atoms with Crippen LogP contribution in [0.5, 0.6) is 0 Å². The number of amides is 1. The molecule has 0 aliphatic carbocycles. The molecule has 1 N–H and O–H groups in total. The fraction of sp³-hybridized carbons (Fsp3) is 0.276. The number of hydrogen-bond donors (Lipinski definition) is 1. The molecule has 0 radical (unpaired) electrons. The van der Waals surface area contributed by atoms with Crippen LogP contribution in [0.2, 0.25) is 0 Å². The Morgan fingerprint density at radius 1 is 0.944 bits per heavy atom. The number of nitrogens with zero attached hydrogens (tertiary/aromatic N) is 4. The second-order valence-electron chi connectivity index (χ2n) is 9.20. The van der Waals surface area contributed by atoms with Gasteiger partial charge in [-0.2, -0.15) is 0 Å². The van der Waals surface area contributed by atoms with E-state index in [1.54, 1.807) is 29.7 Å². The molecule has 0 spiro atoms. The van der Waals surface area contributed by atoms with Gasteiger partial charge in [-0.25, -0.2) is 4.98 Å². The summed E-state index contributed by atoms with van der Waals surface area (Å²) in [4.78, 5) is 34.5. The molecule has 1 aliphatic heterocycles. The minimum absolute atomic E-state index is 0.0973. The van der Waals surface area contributed by atoms with Crippen molar-refractivity contribution in [3.63, 3.8) is 0 Å². The standard InChI is InChI=1S/C29H31N5O2/c1-3-34-27-14-9-23(19-26(27)30-21(2)29(34)36)28(35)31-24-10-12-25(13-11-24)33-17-15-32(16-18-33)20-22-7-5-4-6-8-22/h4-14,19H,3,15-18,20H2,1-2H3,(H,31,35). The first-order valence-electron chi connectivity index (χ1n) is 12.5. The van der Waals surface area contributed by atoms with E-state index in [1.807, 2.05) is 19.1 Å². The number of hydrogen-bond acceptors (Lipinski definition) is 5. The van der Waals surface area contributed by atoms with Crippen molar-refractivity contribution in [2.24, 2.45) is 0 Å². The lowest BCUT2D eigenvalue weighted by molar-refractivity contribution is 0.102. The van der Waals surface area contributed by atoms with E-state index >= 15 is 0 Å². The van der Waals surface area contributed by atoms with Gasteiger partial charge in [0.2, 0.25) is 0 Å². The molecule has 7 nitrogen and oxygen atoms in total. The third-order valence-electron chi connectivity index (χ3n) is 6.80. The largest absolute Gasteiger partial charge is 0.369 e. The first-order valence-corrected chi connectivity index (χ1v) is 12.5. The van der Waals surface area contributed by atoms with Gasteiger partial charge in [0.25, 0.3) is 11.5 Å². The van der Waals surface area contributed by atoms with E-state index < -0.39 is 0 Å². The van der Waals surface area contributed by atoms with Gasteiger partial charge in [0.05, 0.1) is 11.0 Å². The predicted molar refractivity (Wildman–Crippen MR) is 145 cm³/mol. The molecule has 184 valence electrons. The second kappa shape index (κ2) is 10.3. The molecule has 1 amide bonds. The molecule has 0 bridgehead atoms. The number of benzene rings is 3. The Labute approximate surface area is 211 Å². The third-order valence-corrected chi connectivity index (χ3v) is 6.80. The van der Waals surface area contributed by atoms with Crippen molar-refractivity contribution in [1.29, 1.82) is 0 Å². The van der Waals surface area contributed by atoms with Crippen LogP contribution in [-0.4, -0.2) is 46.5 Å².